The van der Waals surface area contributed by atoms with Gasteiger partial charge in [-0.1, -0.05) is 11.6 Å². The summed E-state index contributed by atoms with van der Waals surface area (Å²) in [6.07, 6.45) is 2.15. The van der Waals surface area contributed by atoms with E-state index in [1.165, 1.54) is 6.07 Å². The van der Waals surface area contributed by atoms with Gasteiger partial charge in [0.1, 0.15) is 0 Å². The van der Waals surface area contributed by atoms with Crippen molar-refractivity contribution in [1.29, 1.82) is 0 Å². The van der Waals surface area contributed by atoms with Gasteiger partial charge < -0.3 is 10.1 Å². The van der Waals surface area contributed by atoms with E-state index in [0.717, 1.165) is 24.9 Å². The minimum Gasteiger partial charge on any atom is -0.489 e. The maximum Gasteiger partial charge on any atom is 0.173 e. The Kier molecular flexibility index (Phi) is 3.66. The van der Waals surface area contributed by atoms with Crippen LogP contribution in [0.2, 0.25) is 5.02 Å². The van der Waals surface area contributed by atoms with Gasteiger partial charge in [0.2, 0.25) is 0 Å². The Morgan fingerprint density at radius 2 is 2.38 bits per heavy atom. The van der Waals surface area contributed by atoms with Crippen LogP contribution in [0.1, 0.15) is 31.4 Å². The van der Waals surface area contributed by atoms with Gasteiger partial charge in [-0.25, -0.2) is 4.39 Å². The quantitative estimate of drug-likeness (QED) is 0.880. The molecule has 1 saturated heterocycles. The Labute approximate surface area is 99.7 Å². The predicted octanol–water partition coefficient (Wildman–Crippen LogP) is 3.30. The standard InChI is InChI=1S/C12H15ClFNO/c1-2-16-12-9(13)6-8(7-10(12)14)11-4-3-5-15-11/h6-7,11,15H,2-5H2,1H3/t11-/m0/s1. The number of halogens is 2. The first-order chi connectivity index (χ1) is 7.72. The van der Waals surface area contributed by atoms with Crippen LogP contribution in [0.15, 0.2) is 12.1 Å². The second-order valence-corrected chi connectivity index (χ2v) is 4.30. The highest BCUT2D eigenvalue weighted by Gasteiger charge is 2.19. The smallest absolute Gasteiger partial charge is 0.173 e. The Bertz CT molecular complexity index is 354. The molecular weight excluding hydrogens is 229 g/mol. The third-order valence-corrected chi connectivity index (χ3v) is 3.05. The fourth-order valence-electron chi connectivity index (χ4n) is 2.03. The summed E-state index contributed by atoms with van der Waals surface area (Å²) in [6.45, 7) is 3.21. The molecule has 0 unspecified atom stereocenters. The van der Waals surface area contributed by atoms with Gasteiger partial charge in [-0.2, -0.15) is 0 Å². The molecule has 1 aliphatic rings. The van der Waals surface area contributed by atoms with Crippen molar-refractivity contribution in [1.82, 2.24) is 5.32 Å². The average molecular weight is 244 g/mol. The molecule has 0 radical (unpaired) electrons. The summed E-state index contributed by atoms with van der Waals surface area (Å²) in [4.78, 5) is 0. The zero-order valence-corrected chi connectivity index (χ0v) is 9.98. The molecule has 2 nitrogen and oxygen atoms in total. The predicted molar refractivity (Wildman–Crippen MR) is 62.6 cm³/mol. The Morgan fingerprint density at radius 1 is 1.56 bits per heavy atom. The lowest BCUT2D eigenvalue weighted by molar-refractivity contribution is 0.321. The fraction of sp³-hybridized carbons (Fsp3) is 0.500. The molecule has 4 heteroatoms. The van der Waals surface area contributed by atoms with E-state index in [1.807, 2.05) is 6.92 Å². The highest BCUT2D eigenvalue weighted by molar-refractivity contribution is 6.32. The van der Waals surface area contributed by atoms with Crippen LogP contribution in [-0.2, 0) is 0 Å². The van der Waals surface area contributed by atoms with E-state index in [0.29, 0.717) is 11.6 Å². The molecule has 2 rings (SSSR count). The molecule has 0 aliphatic carbocycles. The molecule has 88 valence electrons. The highest BCUT2D eigenvalue weighted by atomic mass is 35.5. The summed E-state index contributed by atoms with van der Waals surface area (Å²) in [7, 11) is 0. The molecule has 1 aromatic carbocycles. The van der Waals surface area contributed by atoms with Gasteiger partial charge in [-0.15, -0.1) is 0 Å². The molecule has 0 aromatic heterocycles. The van der Waals surface area contributed by atoms with Gasteiger partial charge in [-0.05, 0) is 44.0 Å². The van der Waals surface area contributed by atoms with Crippen LogP contribution < -0.4 is 10.1 Å². The molecule has 1 aliphatic heterocycles. The summed E-state index contributed by atoms with van der Waals surface area (Å²) in [6, 6.07) is 3.53. The van der Waals surface area contributed by atoms with E-state index in [2.05, 4.69) is 5.32 Å². The summed E-state index contributed by atoms with van der Waals surface area (Å²) < 4.78 is 18.9. The van der Waals surface area contributed by atoms with Crippen LogP contribution in [-0.4, -0.2) is 13.2 Å². The zero-order valence-electron chi connectivity index (χ0n) is 9.22. The van der Waals surface area contributed by atoms with E-state index in [1.54, 1.807) is 6.07 Å². The summed E-state index contributed by atoms with van der Waals surface area (Å²) in [5.74, 6) is -0.219. The van der Waals surface area contributed by atoms with Gasteiger partial charge in [0, 0.05) is 6.04 Å². The van der Waals surface area contributed by atoms with Crippen LogP contribution in [0, 0.1) is 5.82 Å². The molecule has 1 heterocycles. The fourth-order valence-corrected chi connectivity index (χ4v) is 2.30. The van der Waals surface area contributed by atoms with Crippen LogP contribution >= 0.6 is 11.6 Å². The van der Waals surface area contributed by atoms with Gasteiger partial charge >= 0.3 is 0 Å². The number of hydrogen-bond acceptors (Lipinski definition) is 2. The monoisotopic (exact) mass is 243 g/mol. The average Bonchev–Trinajstić information content (AvgIpc) is 2.76. The molecule has 1 aromatic rings. The molecule has 0 saturated carbocycles. The van der Waals surface area contributed by atoms with Gasteiger partial charge in [0.05, 0.1) is 11.6 Å². The molecule has 0 amide bonds. The zero-order chi connectivity index (χ0) is 11.5. The number of nitrogens with one attached hydrogen (secondary N) is 1. The first-order valence-electron chi connectivity index (χ1n) is 5.57. The molecule has 0 spiro atoms. The summed E-state index contributed by atoms with van der Waals surface area (Å²) >= 11 is 6.00. The highest BCUT2D eigenvalue weighted by Crippen LogP contribution is 2.33. The summed E-state index contributed by atoms with van der Waals surface area (Å²) in [5.41, 5.74) is 0.906. The van der Waals surface area contributed by atoms with E-state index in [4.69, 9.17) is 16.3 Å². The first kappa shape index (κ1) is 11.7. The van der Waals surface area contributed by atoms with Crippen molar-refractivity contribution in [3.8, 4) is 5.75 Å². The van der Waals surface area contributed by atoms with E-state index in [-0.39, 0.29) is 17.6 Å². The van der Waals surface area contributed by atoms with Crippen LogP contribution in [0.25, 0.3) is 0 Å². The van der Waals surface area contributed by atoms with E-state index in [9.17, 15) is 4.39 Å². The second kappa shape index (κ2) is 5.02. The Hall–Kier alpha value is -0.800. The number of rotatable bonds is 3. The molecule has 1 fully saturated rings. The van der Waals surface area contributed by atoms with Crippen molar-refractivity contribution < 1.29 is 9.13 Å². The normalized spacial score (nSPS) is 20.1. The van der Waals surface area contributed by atoms with Crippen molar-refractivity contribution >= 4 is 11.6 Å². The molecule has 16 heavy (non-hydrogen) atoms. The summed E-state index contributed by atoms with van der Waals surface area (Å²) in [5, 5.41) is 3.67. The van der Waals surface area contributed by atoms with Crippen molar-refractivity contribution in [2.45, 2.75) is 25.8 Å². The van der Waals surface area contributed by atoms with Crippen molar-refractivity contribution in [3.05, 3.63) is 28.5 Å². The number of ether oxygens (including phenoxy) is 1. The van der Waals surface area contributed by atoms with Crippen molar-refractivity contribution in [2.75, 3.05) is 13.2 Å². The number of benzene rings is 1. The maximum absolute atomic E-state index is 13.7. The van der Waals surface area contributed by atoms with Crippen molar-refractivity contribution in [2.24, 2.45) is 0 Å². The molecule has 1 N–H and O–H groups in total. The minimum atomic E-state index is -0.377. The van der Waals surface area contributed by atoms with Gasteiger partial charge in [-0.3, -0.25) is 0 Å². The van der Waals surface area contributed by atoms with Crippen LogP contribution in [0.3, 0.4) is 0 Å². The van der Waals surface area contributed by atoms with E-state index < -0.39 is 0 Å². The van der Waals surface area contributed by atoms with Gasteiger partial charge in [0.15, 0.2) is 11.6 Å². The molecule has 1 atom stereocenters. The van der Waals surface area contributed by atoms with Gasteiger partial charge in [0.25, 0.3) is 0 Å². The third-order valence-electron chi connectivity index (χ3n) is 2.77. The third kappa shape index (κ3) is 2.30. The lowest BCUT2D eigenvalue weighted by atomic mass is 10.1. The number of hydrogen-bond donors (Lipinski definition) is 1. The Morgan fingerprint density at radius 3 is 2.94 bits per heavy atom. The SMILES string of the molecule is CCOc1c(F)cc([C@@H]2CCCN2)cc1Cl. The van der Waals surface area contributed by atoms with Crippen LogP contribution in [0.4, 0.5) is 4.39 Å². The lowest BCUT2D eigenvalue weighted by Crippen LogP contribution is -2.13. The lowest BCUT2D eigenvalue weighted by Gasteiger charge is -2.14. The van der Waals surface area contributed by atoms with Crippen LogP contribution in [0.5, 0.6) is 5.75 Å². The maximum atomic E-state index is 13.7. The second-order valence-electron chi connectivity index (χ2n) is 3.90. The minimum absolute atomic E-state index is 0.158. The largest absolute Gasteiger partial charge is 0.489 e. The first-order valence-corrected chi connectivity index (χ1v) is 5.95. The molecule has 0 bridgehead atoms. The van der Waals surface area contributed by atoms with Crippen molar-refractivity contribution in [3.63, 3.8) is 0 Å². The molecular formula is C12H15ClFNO. The Balaban J connectivity index is 2.28. The topological polar surface area (TPSA) is 21.3 Å². The van der Waals surface area contributed by atoms with E-state index >= 15 is 0 Å².